The number of hydrogen-bond donors (Lipinski definition) is 0. The van der Waals surface area contributed by atoms with Crippen LogP contribution in [-0.4, -0.2) is 13.1 Å². The second-order valence-corrected chi connectivity index (χ2v) is 3.88. The molecule has 96 valence electrons. The molecule has 2 aromatic carbocycles. The molecule has 0 atom stereocenters. The molecular formula is C16H15NO2. The molecule has 2 rings (SSSR count). The maximum Gasteiger partial charge on any atom is 0.331 e. The van der Waals surface area contributed by atoms with Crippen molar-refractivity contribution in [3.63, 3.8) is 0 Å². The monoisotopic (exact) mass is 253 g/mol. The molecule has 0 unspecified atom stereocenters. The second-order valence-electron chi connectivity index (χ2n) is 3.88. The first-order chi connectivity index (χ1) is 9.31. The van der Waals surface area contributed by atoms with Crippen LogP contribution in [0.2, 0.25) is 0 Å². The van der Waals surface area contributed by atoms with Crippen molar-refractivity contribution in [2.24, 2.45) is 0 Å². The van der Waals surface area contributed by atoms with Gasteiger partial charge < -0.3 is 9.64 Å². The smallest absolute Gasteiger partial charge is 0.331 e. The maximum atomic E-state index is 11.2. The molecule has 0 saturated heterocycles. The van der Waals surface area contributed by atoms with E-state index >= 15 is 0 Å². The number of ether oxygens (including phenoxy) is 1. The van der Waals surface area contributed by atoms with Gasteiger partial charge in [0, 0.05) is 23.7 Å². The third-order valence-corrected chi connectivity index (χ3v) is 2.63. The minimum Gasteiger partial charge on any atom is -0.466 e. The Morgan fingerprint density at radius 2 is 1.42 bits per heavy atom. The first-order valence-electron chi connectivity index (χ1n) is 5.97. The van der Waals surface area contributed by atoms with Gasteiger partial charge in [-0.05, 0) is 24.3 Å². The van der Waals surface area contributed by atoms with E-state index in [1.165, 1.54) is 13.2 Å². The summed E-state index contributed by atoms with van der Waals surface area (Å²) in [6.45, 7) is 0. The van der Waals surface area contributed by atoms with Gasteiger partial charge in [-0.15, -0.1) is 0 Å². The van der Waals surface area contributed by atoms with Crippen LogP contribution in [-0.2, 0) is 9.53 Å². The van der Waals surface area contributed by atoms with Gasteiger partial charge >= 0.3 is 5.97 Å². The van der Waals surface area contributed by atoms with Crippen molar-refractivity contribution in [3.05, 3.63) is 72.9 Å². The van der Waals surface area contributed by atoms with E-state index in [2.05, 4.69) is 4.74 Å². The van der Waals surface area contributed by atoms with Crippen LogP contribution in [0.4, 0.5) is 11.4 Å². The van der Waals surface area contributed by atoms with E-state index in [1.54, 1.807) is 6.20 Å². The molecular weight excluding hydrogens is 238 g/mol. The molecule has 0 aliphatic carbocycles. The summed E-state index contributed by atoms with van der Waals surface area (Å²) in [5, 5.41) is 0. The maximum absolute atomic E-state index is 11.2. The molecule has 0 radical (unpaired) electrons. The Kier molecular flexibility index (Phi) is 4.34. The summed E-state index contributed by atoms with van der Waals surface area (Å²) >= 11 is 0. The molecule has 0 N–H and O–H groups in total. The number of carbonyl (C=O) groups excluding carboxylic acids is 1. The second kappa shape index (κ2) is 6.40. The van der Waals surface area contributed by atoms with Gasteiger partial charge in [-0.3, -0.25) is 0 Å². The van der Waals surface area contributed by atoms with Crippen LogP contribution in [0.1, 0.15) is 0 Å². The average molecular weight is 253 g/mol. The van der Waals surface area contributed by atoms with Crippen LogP contribution < -0.4 is 4.90 Å². The van der Waals surface area contributed by atoms with Crippen molar-refractivity contribution < 1.29 is 9.53 Å². The van der Waals surface area contributed by atoms with Crippen LogP contribution in [0.15, 0.2) is 72.9 Å². The van der Waals surface area contributed by atoms with E-state index in [0.29, 0.717) is 0 Å². The topological polar surface area (TPSA) is 29.5 Å². The Labute approximate surface area is 112 Å². The van der Waals surface area contributed by atoms with Crippen molar-refractivity contribution in [2.45, 2.75) is 0 Å². The molecule has 3 nitrogen and oxygen atoms in total. The predicted molar refractivity (Wildman–Crippen MR) is 76.2 cm³/mol. The van der Waals surface area contributed by atoms with Gasteiger partial charge in [0.2, 0.25) is 0 Å². The molecule has 0 aliphatic rings. The van der Waals surface area contributed by atoms with Gasteiger partial charge in [-0.25, -0.2) is 4.79 Å². The Balaban J connectivity index is 2.34. The quantitative estimate of drug-likeness (QED) is 0.617. The first-order valence-corrected chi connectivity index (χ1v) is 5.97. The summed E-state index contributed by atoms with van der Waals surface area (Å²) in [5.74, 6) is -0.378. The van der Waals surface area contributed by atoms with Crippen LogP contribution in [0.5, 0.6) is 0 Å². The third-order valence-electron chi connectivity index (χ3n) is 2.63. The summed E-state index contributed by atoms with van der Waals surface area (Å²) < 4.78 is 4.62. The standard InChI is InChI=1S/C16H15NO2/c1-19-16(18)12-13-17(14-8-4-2-5-9-14)15-10-6-3-7-11-15/h2-13H,1H3/b13-12+. The zero-order valence-electron chi connectivity index (χ0n) is 10.7. The molecule has 0 heterocycles. The Bertz CT molecular complexity index is 510. The van der Waals surface area contributed by atoms with Gasteiger partial charge in [0.15, 0.2) is 0 Å². The number of esters is 1. The first kappa shape index (κ1) is 12.9. The normalized spacial score (nSPS) is 10.4. The summed E-state index contributed by atoms with van der Waals surface area (Å²) in [7, 11) is 1.36. The average Bonchev–Trinajstić information content (AvgIpc) is 2.49. The van der Waals surface area contributed by atoms with Crippen LogP contribution in [0.3, 0.4) is 0 Å². The lowest BCUT2D eigenvalue weighted by Gasteiger charge is -2.20. The number of anilines is 2. The van der Waals surface area contributed by atoms with Gasteiger partial charge in [-0.2, -0.15) is 0 Å². The van der Waals surface area contributed by atoms with E-state index in [1.807, 2.05) is 65.6 Å². The number of nitrogens with zero attached hydrogens (tertiary/aromatic N) is 1. The van der Waals surface area contributed by atoms with Gasteiger partial charge in [0.1, 0.15) is 0 Å². The van der Waals surface area contributed by atoms with E-state index < -0.39 is 0 Å². The van der Waals surface area contributed by atoms with Gasteiger partial charge in [0.25, 0.3) is 0 Å². The van der Waals surface area contributed by atoms with Crippen LogP contribution in [0.25, 0.3) is 0 Å². The molecule has 0 aliphatic heterocycles. The number of benzene rings is 2. The lowest BCUT2D eigenvalue weighted by Crippen LogP contribution is -2.09. The largest absolute Gasteiger partial charge is 0.466 e. The molecule has 2 aromatic rings. The Morgan fingerprint density at radius 3 is 1.84 bits per heavy atom. The molecule has 0 saturated carbocycles. The molecule has 0 fully saturated rings. The molecule has 0 amide bonds. The molecule has 0 bridgehead atoms. The van der Waals surface area contributed by atoms with Crippen LogP contribution >= 0.6 is 0 Å². The zero-order valence-corrected chi connectivity index (χ0v) is 10.7. The summed E-state index contributed by atoms with van der Waals surface area (Å²) in [4.78, 5) is 13.2. The minimum absolute atomic E-state index is 0.378. The zero-order chi connectivity index (χ0) is 13.5. The van der Waals surface area contributed by atoms with Gasteiger partial charge in [0.05, 0.1) is 7.11 Å². The van der Waals surface area contributed by atoms with E-state index in [4.69, 9.17) is 0 Å². The van der Waals surface area contributed by atoms with Gasteiger partial charge in [-0.1, -0.05) is 36.4 Å². The Morgan fingerprint density at radius 1 is 0.947 bits per heavy atom. The summed E-state index contributed by atoms with van der Waals surface area (Å²) in [6.07, 6.45) is 3.11. The molecule has 0 spiro atoms. The highest BCUT2D eigenvalue weighted by molar-refractivity contribution is 5.83. The third kappa shape index (κ3) is 3.45. The number of carbonyl (C=O) groups is 1. The number of para-hydroxylation sites is 2. The fourth-order valence-electron chi connectivity index (χ4n) is 1.70. The predicted octanol–water partition coefficient (Wildman–Crippen LogP) is 3.51. The van der Waals surface area contributed by atoms with E-state index in [0.717, 1.165) is 11.4 Å². The highest BCUT2D eigenvalue weighted by Crippen LogP contribution is 2.25. The van der Waals surface area contributed by atoms with Crippen molar-refractivity contribution in [1.29, 1.82) is 0 Å². The number of rotatable bonds is 4. The lowest BCUT2D eigenvalue weighted by atomic mass is 10.2. The van der Waals surface area contributed by atoms with Crippen LogP contribution in [0, 0.1) is 0 Å². The fraction of sp³-hybridized carbons (Fsp3) is 0.0625. The highest BCUT2D eigenvalue weighted by atomic mass is 16.5. The van der Waals surface area contributed by atoms with Crippen molar-refractivity contribution >= 4 is 17.3 Å². The molecule has 19 heavy (non-hydrogen) atoms. The number of methoxy groups -OCH3 is 1. The SMILES string of the molecule is COC(=O)/C=C/N(c1ccccc1)c1ccccc1. The van der Waals surface area contributed by atoms with Crippen molar-refractivity contribution in [3.8, 4) is 0 Å². The Hall–Kier alpha value is -2.55. The molecule has 3 heteroatoms. The molecule has 0 aromatic heterocycles. The highest BCUT2D eigenvalue weighted by Gasteiger charge is 2.05. The number of hydrogen-bond acceptors (Lipinski definition) is 3. The van der Waals surface area contributed by atoms with Crippen molar-refractivity contribution in [2.75, 3.05) is 12.0 Å². The lowest BCUT2D eigenvalue weighted by molar-refractivity contribution is -0.134. The van der Waals surface area contributed by atoms with E-state index in [-0.39, 0.29) is 5.97 Å². The summed E-state index contributed by atoms with van der Waals surface area (Å²) in [6, 6.07) is 19.7. The minimum atomic E-state index is -0.378. The summed E-state index contributed by atoms with van der Waals surface area (Å²) in [5.41, 5.74) is 1.96. The van der Waals surface area contributed by atoms with E-state index in [9.17, 15) is 4.79 Å². The fourth-order valence-corrected chi connectivity index (χ4v) is 1.70. The van der Waals surface area contributed by atoms with Crippen molar-refractivity contribution in [1.82, 2.24) is 0 Å².